The number of thioether (sulfide) groups is 1. The number of anilines is 1. The molecular weight excluding hydrogens is 330 g/mol. The Hall–Kier alpha value is -2.33. The number of rotatable bonds is 3. The van der Waals surface area contributed by atoms with E-state index in [4.69, 9.17) is 0 Å². The van der Waals surface area contributed by atoms with E-state index >= 15 is 0 Å². The lowest BCUT2D eigenvalue weighted by molar-refractivity contribution is -0.121. The summed E-state index contributed by atoms with van der Waals surface area (Å²) in [6, 6.07) is 16.1. The number of allylic oxidation sites excluding steroid dienone is 1. The molecule has 0 bridgehead atoms. The monoisotopic (exact) mass is 351 g/mol. The van der Waals surface area contributed by atoms with E-state index in [-0.39, 0.29) is 23.9 Å². The molecule has 0 aliphatic carbocycles. The number of fused-ring (bicyclic) bond motifs is 2. The molecule has 0 saturated carbocycles. The molecule has 0 spiro atoms. The fourth-order valence-electron chi connectivity index (χ4n) is 3.13. The summed E-state index contributed by atoms with van der Waals surface area (Å²) < 4.78 is 0. The first-order chi connectivity index (χ1) is 12.1. The van der Waals surface area contributed by atoms with E-state index in [0.717, 1.165) is 22.4 Å². The maximum Gasteiger partial charge on any atom is 0.227 e. The van der Waals surface area contributed by atoms with Crippen LogP contribution in [0.15, 0.2) is 48.5 Å². The molecule has 3 rings (SSSR count). The largest absolute Gasteiger partial charge is 0.307 e. The van der Waals surface area contributed by atoms with Crippen molar-refractivity contribution in [2.24, 2.45) is 0 Å². The van der Waals surface area contributed by atoms with Crippen LogP contribution in [-0.4, -0.2) is 17.3 Å². The summed E-state index contributed by atoms with van der Waals surface area (Å²) >= 11 is 1.18. The van der Waals surface area contributed by atoms with Gasteiger partial charge in [0.05, 0.1) is 12.2 Å². The summed E-state index contributed by atoms with van der Waals surface area (Å²) in [5, 5.41) is 0.0461. The molecule has 25 heavy (non-hydrogen) atoms. The fraction of sp³-hybridized carbons (Fsp3) is 0.238. The second-order valence-electron chi connectivity index (χ2n) is 6.10. The molecule has 2 aromatic carbocycles. The summed E-state index contributed by atoms with van der Waals surface area (Å²) in [7, 11) is 0. The van der Waals surface area contributed by atoms with Crippen LogP contribution in [0.4, 0.5) is 5.69 Å². The lowest BCUT2D eigenvalue weighted by Crippen LogP contribution is -2.32. The zero-order chi connectivity index (χ0) is 17.8. The van der Waals surface area contributed by atoms with Crippen LogP contribution in [0, 0.1) is 0 Å². The number of carbonyl (C=O) groups excluding carboxylic acids is 2. The molecular formula is C21H21NO2S. The minimum absolute atomic E-state index is 0.0161. The van der Waals surface area contributed by atoms with Crippen molar-refractivity contribution in [2.45, 2.75) is 26.3 Å². The van der Waals surface area contributed by atoms with Crippen molar-refractivity contribution >= 4 is 40.1 Å². The van der Waals surface area contributed by atoms with Crippen LogP contribution < -0.4 is 4.90 Å². The molecule has 2 aromatic rings. The fourth-order valence-corrected chi connectivity index (χ4v) is 3.44. The molecule has 0 aromatic heterocycles. The van der Waals surface area contributed by atoms with Crippen LogP contribution in [-0.2, 0) is 16.1 Å². The Morgan fingerprint density at radius 3 is 2.56 bits per heavy atom. The second kappa shape index (κ2) is 7.70. The number of hydrogen-bond acceptors (Lipinski definition) is 3. The van der Waals surface area contributed by atoms with Crippen LogP contribution in [0.3, 0.4) is 0 Å². The highest BCUT2D eigenvalue weighted by molar-refractivity contribution is 8.13. The summed E-state index contributed by atoms with van der Waals surface area (Å²) in [5.74, 6) is -0.0161. The maximum atomic E-state index is 12.9. The summed E-state index contributed by atoms with van der Waals surface area (Å²) in [4.78, 5) is 26.3. The van der Waals surface area contributed by atoms with E-state index < -0.39 is 0 Å². The van der Waals surface area contributed by atoms with Gasteiger partial charge in [-0.2, -0.15) is 0 Å². The molecule has 1 amide bonds. The van der Waals surface area contributed by atoms with Crippen molar-refractivity contribution in [3.05, 3.63) is 65.2 Å². The molecule has 0 radical (unpaired) electrons. The smallest absolute Gasteiger partial charge is 0.227 e. The van der Waals surface area contributed by atoms with Crippen molar-refractivity contribution < 1.29 is 9.59 Å². The first-order valence-electron chi connectivity index (χ1n) is 8.33. The standard InChI is InChI=1S/C21H21NO2S/c1-15-13-16-7-4-6-10-19(16)22(20(23)11-12-21(24)25-2)14-17-8-3-5-9-18(15)17/h3-10,13H,11-12,14H2,1-2H3/b15-13-. The van der Waals surface area contributed by atoms with E-state index in [1.54, 1.807) is 6.26 Å². The van der Waals surface area contributed by atoms with Crippen LogP contribution in [0.2, 0.25) is 0 Å². The minimum atomic E-state index is -0.0161. The van der Waals surface area contributed by atoms with Gasteiger partial charge in [0.2, 0.25) is 5.91 Å². The number of benzene rings is 2. The normalized spacial score (nSPS) is 15.3. The molecule has 0 fully saturated rings. The van der Waals surface area contributed by atoms with E-state index in [1.165, 1.54) is 17.3 Å². The lowest BCUT2D eigenvalue weighted by Gasteiger charge is -2.28. The average molecular weight is 351 g/mol. The molecule has 0 unspecified atom stereocenters. The maximum absolute atomic E-state index is 12.9. The van der Waals surface area contributed by atoms with E-state index in [1.807, 2.05) is 41.3 Å². The van der Waals surface area contributed by atoms with Crippen molar-refractivity contribution in [3.8, 4) is 0 Å². The molecule has 1 aliphatic heterocycles. The number of hydrogen-bond donors (Lipinski definition) is 0. The van der Waals surface area contributed by atoms with Gasteiger partial charge in [0.1, 0.15) is 0 Å². The van der Waals surface area contributed by atoms with Gasteiger partial charge in [-0.1, -0.05) is 54.2 Å². The van der Waals surface area contributed by atoms with Crippen LogP contribution >= 0.6 is 11.8 Å². The number of carbonyl (C=O) groups is 2. The van der Waals surface area contributed by atoms with E-state index in [0.29, 0.717) is 6.54 Å². The van der Waals surface area contributed by atoms with Gasteiger partial charge in [-0.25, -0.2) is 0 Å². The topological polar surface area (TPSA) is 37.4 Å². The van der Waals surface area contributed by atoms with Gasteiger partial charge in [0.25, 0.3) is 0 Å². The third-order valence-corrected chi connectivity index (χ3v) is 5.10. The van der Waals surface area contributed by atoms with Crippen molar-refractivity contribution in [1.29, 1.82) is 0 Å². The first-order valence-corrected chi connectivity index (χ1v) is 9.55. The Morgan fingerprint density at radius 1 is 1.04 bits per heavy atom. The Bertz CT molecular complexity index is 841. The second-order valence-corrected chi connectivity index (χ2v) is 6.96. The highest BCUT2D eigenvalue weighted by Crippen LogP contribution is 2.32. The zero-order valence-electron chi connectivity index (χ0n) is 14.5. The van der Waals surface area contributed by atoms with Crippen LogP contribution in [0.1, 0.15) is 36.5 Å². The van der Waals surface area contributed by atoms with Crippen LogP contribution in [0.25, 0.3) is 11.6 Å². The van der Waals surface area contributed by atoms with Crippen molar-refractivity contribution in [2.75, 3.05) is 11.2 Å². The van der Waals surface area contributed by atoms with Crippen molar-refractivity contribution in [3.63, 3.8) is 0 Å². The van der Waals surface area contributed by atoms with Gasteiger partial charge in [-0.05, 0) is 47.6 Å². The average Bonchev–Trinajstić information content (AvgIpc) is 2.63. The summed E-state index contributed by atoms with van der Waals surface area (Å²) in [5.41, 5.74) is 5.40. The van der Waals surface area contributed by atoms with Gasteiger partial charge in [-0.15, -0.1) is 0 Å². The molecule has 3 nitrogen and oxygen atoms in total. The predicted molar refractivity (Wildman–Crippen MR) is 105 cm³/mol. The number of para-hydroxylation sites is 1. The minimum Gasteiger partial charge on any atom is -0.307 e. The molecule has 4 heteroatoms. The first kappa shape index (κ1) is 17.5. The van der Waals surface area contributed by atoms with E-state index in [9.17, 15) is 9.59 Å². The molecule has 1 heterocycles. The van der Waals surface area contributed by atoms with E-state index in [2.05, 4.69) is 25.1 Å². The Balaban J connectivity index is 2.02. The lowest BCUT2D eigenvalue weighted by atomic mass is 9.95. The molecule has 0 N–H and O–H groups in total. The third kappa shape index (κ3) is 3.85. The summed E-state index contributed by atoms with van der Waals surface area (Å²) in [6.07, 6.45) is 4.39. The number of nitrogens with zero attached hydrogens (tertiary/aromatic N) is 1. The molecule has 1 aliphatic rings. The Morgan fingerprint density at radius 2 is 1.76 bits per heavy atom. The quantitative estimate of drug-likeness (QED) is 0.800. The van der Waals surface area contributed by atoms with Gasteiger partial charge < -0.3 is 4.90 Å². The highest BCUT2D eigenvalue weighted by Gasteiger charge is 2.22. The van der Waals surface area contributed by atoms with Gasteiger partial charge in [0, 0.05) is 12.8 Å². The summed E-state index contributed by atoms with van der Waals surface area (Å²) in [6.45, 7) is 2.62. The molecule has 0 saturated heterocycles. The SMILES string of the molecule is CSC(=O)CCC(=O)N1Cc2ccccc2/C(C)=C\c2ccccc21. The van der Waals surface area contributed by atoms with Gasteiger partial charge in [-0.3, -0.25) is 9.59 Å². The third-order valence-electron chi connectivity index (χ3n) is 4.44. The highest BCUT2D eigenvalue weighted by atomic mass is 32.2. The molecule has 128 valence electrons. The Kier molecular flexibility index (Phi) is 5.39. The molecule has 0 atom stereocenters. The number of amides is 1. The van der Waals surface area contributed by atoms with Gasteiger partial charge >= 0.3 is 0 Å². The van der Waals surface area contributed by atoms with Gasteiger partial charge in [0.15, 0.2) is 5.12 Å². The Labute approximate surface area is 152 Å². The van der Waals surface area contributed by atoms with Crippen molar-refractivity contribution in [1.82, 2.24) is 0 Å². The van der Waals surface area contributed by atoms with Crippen LogP contribution in [0.5, 0.6) is 0 Å². The predicted octanol–water partition coefficient (Wildman–Crippen LogP) is 4.76. The zero-order valence-corrected chi connectivity index (χ0v) is 15.3.